The number of aryl methyl sites for hydroxylation is 1. The summed E-state index contributed by atoms with van der Waals surface area (Å²) >= 11 is 0. The van der Waals surface area contributed by atoms with Crippen molar-refractivity contribution in [2.75, 3.05) is 11.4 Å². The SMILES string of the molecule is C=C1C(=O)N(c2cccc3oc4ccc(-c5ccc6cc(C)oc6c5)cc4c23)C(/C=C\C)=C(C)N1CC/C(C)=C\C.CC(C)=CC=C(C)C. The van der Waals surface area contributed by atoms with Gasteiger partial charge in [-0.2, -0.15) is 0 Å². The van der Waals surface area contributed by atoms with Crippen LogP contribution in [-0.4, -0.2) is 17.4 Å². The number of furan rings is 2. The number of hydrogen-bond acceptors (Lipinski definition) is 4. The maximum absolute atomic E-state index is 14.1. The molecule has 5 aromatic rings. The largest absolute Gasteiger partial charge is 0.461 e. The van der Waals surface area contributed by atoms with Gasteiger partial charge >= 0.3 is 0 Å². The van der Waals surface area contributed by atoms with Gasteiger partial charge in [0.05, 0.1) is 16.8 Å². The number of amides is 1. The third-order valence-corrected chi connectivity index (χ3v) is 8.78. The molecule has 5 nitrogen and oxygen atoms in total. The molecule has 6 rings (SSSR count). The van der Waals surface area contributed by atoms with E-state index in [4.69, 9.17) is 8.83 Å². The number of benzene rings is 3. The lowest BCUT2D eigenvalue weighted by Gasteiger charge is -2.39. The molecule has 0 unspecified atom stereocenters. The molecule has 0 aliphatic carbocycles. The first-order valence-electron chi connectivity index (χ1n) is 16.9. The highest BCUT2D eigenvalue weighted by Gasteiger charge is 2.34. The maximum atomic E-state index is 14.1. The molecule has 49 heavy (non-hydrogen) atoms. The molecule has 0 saturated carbocycles. The number of hydrogen-bond donors (Lipinski definition) is 0. The Morgan fingerprint density at radius 2 is 1.51 bits per heavy atom. The average molecular weight is 653 g/mol. The van der Waals surface area contributed by atoms with Gasteiger partial charge in [-0.25, -0.2) is 0 Å². The number of carbonyl (C=O) groups excluding carboxylic acids is 1. The Balaban J connectivity index is 0.000000523. The fraction of sp³-hybridized carbons (Fsp3) is 0.250. The van der Waals surface area contributed by atoms with Gasteiger partial charge in [0.1, 0.15) is 28.2 Å². The second-order valence-corrected chi connectivity index (χ2v) is 13.2. The first-order chi connectivity index (χ1) is 23.4. The summed E-state index contributed by atoms with van der Waals surface area (Å²) in [6.07, 6.45) is 11.2. The van der Waals surface area contributed by atoms with Crippen molar-refractivity contribution in [3.05, 3.63) is 137 Å². The quantitative estimate of drug-likeness (QED) is 0.0997. The number of anilines is 1. The Morgan fingerprint density at radius 3 is 2.18 bits per heavy atom. The van der Waals surface area contributed by atoms with Crippen molar-refractivity contribution in [2.24, 2.45) is 0 Å². The summed E-state index contributed by atoms with van der Waals surface area (Å²) in [5, 5.41) is 2.93. The lowest BCUT2D eigenvalue weighted by molar-refractivity contribution is -0.116. The maximum Gasteiger partial charge on any atom is 0.278 e. The summed E-state index contributed by atoms with van der Waals surface area (Å²) in [7, 11) is 0. The normalized spacial score (nSPS) is 13.9. The molecule has 0 radical (unpaired) electrons. The van der Waals surface area contributed by atoms with E-state index < -0.39 is 0 Å². The Labute approximate surface area is 290 Å². The summed E-state index contributed by atoms with van der Waals surface area (Å²) in [5.74, 6) is 0.750. The Bertz CT molecular complexity index is 2190. The van der Waals surface area contributed by atoms with E-state index in [2.05, 4.69) is 96.7 Å². The standard InChI is InChI=1S/C36H34N2O3.C8H14/c1-7-10-30-24(5)37(18-17-22(3)8-2)25(6)36(39)38(30)31-11-9-12-33-35(31)29-20-26(15-16-32(29)41-33)27-13-14-28-19-23(4)40-34(28)21-27;1-7(2)5-6-8(3)4/h7-16,19-21H,6,17-18H2,1-5H3;5-6H,1-4H3/b10-7-,22-8-;. The first-order valence-corrected chi connectivity index (χ1v) is 16.9. The van der Waals surface area contributed by atoms with Crippen LogP contribution in [0.3, 0.4) is 0 Å². The highest BCUT2D eigenvalue weighted by molar-refractivity contribution is 6.19. The number of allylic oxidation sites excluding steroid dienone is 8. The van der Waals surface area contributed by atoms with Crippen molar-refractivity contribution in [3.63, 3.8) is 0 Å². The van der Waals surface area contributed by atoms with Crippen LogP contribution in [0, 0.1) is 6.92 Å². The molecule has 0 saturated heterocycles. The molecule has 0 atom stereocenters. The van der Waals surface area contributed by atoms with E-state index in [1.54, 1.807) is 4.90 Å². The topological polar surface area (TPSA) is 49.8 Å². The van der Waals surface area contributed by atoms with Crippen molar-refractivity contribution in [1.82, 2.24) is 4.90 Å². The Kier molecular flexibility index (Phi) is 10.6. The monoisotopic (exact) mass is 652 g/mol. The third-order valence-electron chi connectivity index (χ3n) is 8.78. The summed E-state index contributed by atoms with van der Waals surface area (Å²) in [4.78, 5) is 17.9. The minimum atomic E-state index is -0.140. The van der Waals surface area contributed by atoms with Crippen LogP contribution in [0.25, 0.3) is 44.0 Å². The van der Waals surface area contributed by atoms with E-state index in [0.717, 1.165) is 73.3 Å². The molecular formula is C44H48N2O3. The van der Waals surface area contributed by atoms with Gasteiger partial charge in [-0.3, -0.25) is 9.69 Å². The van der Waals surface area contributed by atoms with Crippen LogP contribution in [0.2, 0.25) is 0 Å². The van der Waals surface area contributed by atoms with E-state index in [1.807, 2.05) is 68.2 Å². The minimum Gasteiger partial charge on any atom is -0.461 e. The fourth-order valence-electron chi connectivity index (χ4n) is 6.03. The van der Waals surface area contributed by atoms with E-state index >= 15 is 0 Å². The molecule has 1 aliphatic rings. The lowest BCUT2D eigenvalue weighted by atomic mass is 10.0. The van der Waals surface area contributed by atoms with Gasteiger partial charge in [0.15, 0.2) is 0 Å². The smallest absolute Gasteiger partial charge is 0.278 e. The van der Waals surface area contributed by atoms with Gasteiger partial charge in [-0.1, -0.05) is 71.9 Å². The molecule has 0 N–H and O–H groups in total. The van der Waals surface area contributed by atoms with E-state index in [0.29, 0.717) is 12.2 Å². The summed E-state index contributed by atoms with van der Waals surface area (Å²) in [5.41, 5.74) is 11.5. The van der Waals surface area contributed by atoms with Crippen LogP contribution in [0.1, 0.15) is 67.6 Å². The van der Waals surface area contributed by atoms with E-state index in [1.165, 1.54) is 16.7 Å². The number of fused-ring (bicyclic) bond motifs is 4. The summed E-state index contributed by atoms with van der Waals surface area (Å²) < 4.78 is 12.2. The number of nitrogens with zero attached hydrogens (tertiary/aromatic N) is 2. The predicted molar refractivity (Wildman–Crippen MR) is 207 cm³/mol. The third kappa shape index (κ3) is 7.41. The van der Waals surface area contributed by atoms with E-state index in [9.17, 15) is 4.79 Å². The molecule has 2 aromatic heterocycles. The fourth-order valence-corrected chi connectivity index (χ4v) is 6.03. The highest BCUT2D eigenvalue weighted by Crippen LogP contribution is 2.42. The van der Waals surface area contributed by atoms with Crippen LogP contribution in [0.15, 0.2) is 140 Å². The molecule has 1 aliphatic heterocycles. The molecule has 3 heterocycles. The second kappa shape index (κ2) is 14.9. The van der Waals surface area contributed by atoms with Crippen LogP contribution in [-0.2, 0) is 4.79 Å². The zero-order chi connectivity index (χ0) is 35.4. The van der Waals surface area contributed by atoms with E-state index in [-0.39, 0.29) is 5.91 Å². The number of carbonyl (C=O) groups is 1. The summed E-state index contributed by atoms with van der Waals surface area (Å²) in [6, 6.07) is 20.4. The van der Waals surface area contributed by atoms with Gasteiger partial charge in [-0.15, -0.1) is 0 Å². The Morgan fingerprint density at radius 1 is 0.816 bits per heavy atom. The Hall–Kier alpha value is -5.29. The van der Waals surface area contributed by atoms with Crippen molar-refractivity contribution >= 4 is 44.5 Å². The van der Waals surface area contributed by atoms with Crippen LogP contribution in [0.4, 0.5) is 5.69 Å². The first kappa shape index (κ1) is 35.0. The van der Waals surface area contributed by atoms with Crippen molar-refractivity contribution in [1.29, 1.82) is 0 Å². The van der Waals surface area contributed by atoms with Crippen molar-refractivity contribution in [3.8, 4) is 11.1 Å². The van der Waals surface area contributed by atoms with Crippen LogP contribution < -0.4 is 4.90 Å². The molecule has 252 valence electrons. The molecule has 3 aromatic carbocycles. The molecule has 5 heteroatoms. The van der Waals surface area contributed by atoms with Crippen LogP contribution >= 0.6 is 0 Å². The van der Waals surface area contributed by atoms with Gasteiger partial charge in [0, 0.05) is 23.0 Å². The average Bonchev–Trinajstić information content (AvgIpc) is 3.65. The molecular weight excluding hydrogens is 604 g/mol. The van der Waals surface area contributed by atoms with Gasteiger partial charge in [0.2, 0.25) is 0 Å². The van der Waals surface area contributed by atoms with Gasteiger partial charge < -0.3 is 13.7 Å². The van der Waals surface area contributed by atoms with Gasteiger partial charge in [-0.05, 0) is 122 Å². The van der Waals surface area contributed by atoms with Gasteiger partial charge in [0.25, 0.3) is 5.91 Å². The summed E-state index contributed by atoms with van der Waals surface area (Å²) in [6.45, 7) is 23.5. The highest BCUT2D eigenvalue weighted by atomic mass is 16.3. The van der Waals surface area contributed by atoms with Crippen molar-refractivity contribution in [2.45, 2.75) is 68.7 Å². The zero-order valence-corrected chi connectivity index (χ0v) is 30.4. The molecule has 0 fully saturated rings. The number of rotatable bonds is 7. The zero-order valence-electron chi connectivity index (χ0n) is 30.4. The molecule has 0 spiro atoms. The molecule has 1 amide bonds. The predicted octanol–water partition coefficient (Wildman–Crippen LogP) is 12.6. The minimum absolute atomic E-state index is 0.140. The van der Waals surface area contributed by atoms with Crippen LogP contribution in [0.5, 0.6) is 0 Å². The lowest BCUT2D eigenvalue weighted by Crippen LogP contribution is -2.43. The second-order valence-electron chi connectivity index (χ2n) is 13.2. The molecule has 0 bridgehead atoms. The van der Waals surface area contributed by atoms with Crippen molar-refractivity contribution < 1.29 is 13.6 Å².